The number of halogens is 2. The Morgan fingerprint density at radius 3 is 1.30 bits per heavy atom. The summed E-state index contributed by atoms with van der Waals surface area (Å²) in [6.07, 6.45) is 0. The van der Waals surface area contributed by atoms with Gasteiger partial charge in [0.25, 0.3) is 0 Å². The second-order valence-corrected chi connectivity index (χ2v) is 17.2. The average Bonchev–Trinajstić information content (AvgIpc) is 2.99. The molecule has 27 heavy (non-hydrogen) atoms. The Hall–Kier alpha value is -1.12. The maximum atomic E-state index is 2.44. The van der Waals surface area contributed by atoms with Gasteiger partial charge in [0, 0.05) is 0 Å². The van der Waals surface area contributed by atoms with Crippen LogP contribution in [0.2, 0.25) is 0 Å². The summed E-state index contributed by atoms with van der Waals surface area (Å²) < 4.78 is 8.73. The van der Waals surface area contributed by atoms with Crippen molar-refractivity contribution in [3.8, 4) is 11.1 Å². The fourth-order valence-corrected chi connectivity index (χ4v) is 16.2. The SMILES string of the molecule is Ic1cc[c]2c(c1)-c1cc(I)cc[c]1[Ge]2([c]1ccccc1)[c]1ccccc1. The van der Waals surface area contributed by atoms with Crippen LogP contribution >= 0.6 is 45.2 Å². The van der Waals surface area contributed by atoms with Crippen LogP contribution in [0, 0.1) is 7.14 Å². The van der Waals surface area contributed by atoms with Crippen molar-refractivity contribution >= 4 is 76.0 Å². The van der Waals surface area contributed by atoms with Gasteiger partial charge in [-0.25, -0.2) is 0 Å². The van der Waals surface area contributed by atoms with Crippen LogP contribution in [-0.4, -0.2) is 13.3 Å². The summed E-state index contributed by atoms with van der Waals surface area (Å²) in [6.45, 7) is 0. The molecule has 0 N–H and O–H groups in total. The van der Waals surface area contributed by atoms with Gasteiger partial charge in [-0.2, -0.15) is 0 Å². The molecule has 4 aromatic carbocycles. The molecular weight excluding hydrogens is 615 g/mol. The van der Waals surface area contributed by atoms with Crippen molar-refractivity contribution in [2.45, 2.75) is 0 Å². The van der Waals surface area contributed by atoms with E-state index in [4.69, 9.17) is 0 Å². The normalized spacial score (nSPS) is 13.9. The molecule has 3 heteroatoms. The molecule has 0 fully saturated rings. The van der Waals surface area contributed by atoms with Gasteiger partial charge in [0.05, 0.1) is 0 Å². The third kappa shape index (κ3) is 2.75. The van der Waals surface area contributed by atoms with Gasteiger partial charge in [-0.15, -0.1) is 0 Å². The zero-order chi connectivity index (χ0) is 18.4. The molecular formula is C24H16GeI2. The van der Waals surface area contributed by atoms with E-state index < -0.39 is 13.3 Å². The number of hydrogen-bond acceptors (Lipinski definition) is 0. The molecule has 0 saturated carbocycles. The minimum absolute atomic E-state index is 1.30. The third-order valence-corrected chi connectivity index (χ3v) is 17.1. The molecule has 0 aromatic heterocycles. The van der Waals surface area contributed by atoms with Crippen molar-refractivity contribution in [1.82, 2.24) is 0 Å². The van der Waals surface area contributed by atoms with Crippen LogP contribution in [0.1, 0.15) is 0 Å². The van der Waals surface area contributed by atoms with Crippen LogP contribution < -0.4 is 17.6 Å². The maximum absolute atomic E-state index is 2.98. The van der Waals surface area contributed by atoms with Crippen LogP contribution in [0.4, 0.5) is 0 Å². The van der Waals surface area contributed by atoms with E-state index in [-0.39, 0.29) is 0 Å². The summed E-state index contributed by atoms with van der Waals surface area (Å²) in [5.74, 6) is 0. The zero-order valence-corrected chi connectivity index (χ0v) is 20.9. The number of benzene rings is 4. The predicted molar refractivity (Wildman–Crippen MR) is 134 cm³/mol. The molecule has 5 rings (SSSR count). The second kappa shape index (κ2) is 7.05. The van der Waals surface area contributed by atoms with Gasteiger partial charge in [-0.1, -0.05) is 0 Å². The zero-order valence-electron chi connectivity index (χ0n) is 14.5. The first-order valence-electron chi connectivity index (χ1n) is 8.93. The monoisotopic (exact) mass is 632 g/mol. The molecule has 0 amide bonds. The fourth-order valence-electron chi connectivity index (χ4n) is 4.44. The topological polar surface area (TPSA) is 0 Å². The molecule has 4 aromatic rings. The molecule has 0 spiro atoms. The molecule has 1 heterocycles. The van der Waals surface area contributed by atoms with Gasteiger partial charge in [-0.3, -0.25) is 0 Å². The van der Waals surface area contributed by atoms with Crippen molar-refractivity contribution in [2.24, 2.45) is 0 Å². The third-order valence-electron chi connectivity index (χ3n) is 5.48. The molecule has 130 valence electrons. The van der Waals surface area contributed by atoms with Gasteiger partial charge >= 0.3 is 191 Å². The van der Waals surface area contributed by atoms with E-state index >= 15 is 0 Å². The van der Waals surface area contributed by atoms with E-state index in [9.17, 15) is 0 Å². The molecule has 0 nitrogen and oxygen atoms in total. The molecule has 0 saturated heterocycles. The first kappa shape index (κ1) is 17.9. The number of rotatable bonds is 2. The van der Waals surface area contributed by atoms with E-state index in [2.05, 4.69) is 142 Å². The molecule has 1 aliphatic heterocycles. The summed E-state index contributed by atoms with van der Waals surface area (Å²) in [4.78, 5) is 0. The van der Waals surface area contributed by atoms with Crippen molar-refractivity contribution in [3.63, 3.8) is 0 Å². The van der Waals surface area contributed by atoms with Gasteiger partial charge in [0.2, 0.25) is 0 Å². The van der Waals surface area contributed by atoms with Gasteiger partial charge in [-0.05, 0) is 0 Å². The minimum atomic E-state index is -2.98. The number of fused-ring (bicyclic) bond motifs is 3. The first-order valence-corrected chi connectivity index (χ1v) is 15.3. The summed E-state index contributed by atoms with van der Waals surface area (Å²) in [6, 6.07) is 36.6. The Labute approximate surface area is 189 Å². The van der Waals surface area contributed by atoms with Crippen LogP contribution in [0.25, 0.3) is 11.1 Å². The Balaban J connectivity index is 1.98. The van der Waals surface area contributed by atoms with Crippen molar-refractivity contribution in [3.05, 3.63) is 104 Å². The Morgan fingerprint density at radius 1 is 0.481 bits per heavy atom. The molecule has 1 aliphatic rings. The Kier molecular flexibility index (Phi) is 4.68. The van der Waals surface area contributed by atoms with Gasteiger partial charge in [0.15, 0.2) is 0 Å². The van der Waals surface area contributed by atoms with Crippen molar-refractivity contribution in [2.75, 3.05) is 0 Å². The Morgan fingerprint density at radius 2 is 0.889 bits per heavy atom. The van der Waals surface area contributed by atoms with Crippen LogP contribution in [0.3, 0.4) is 0 Å². The predicted octanol–water partition coefficient (Wildman–Crippen LogP) is 4.25. The van der Waals surface area contributed by atoms with Gasteiger partial charge < -0.3 is 0 Å². The summed E-state index contributed by atoms with van der Waals surface area (Å²) in [5.41, 5.74) is 2.87. The van der Waals surface area contributed by atoms with Crippen molar-refractivity contribution in [1.29, 1.82) is 0 Å². The van der Waals surface area contributed by atoms with Crippen LogP contribution in [-0.2, 0) is 0 Å². The molecule has 0 bridgehead atoms. The van der Waals surface area contributed by atoms with E-state index in [1.54, 1.807) is 8.79 Å². The second-order valence-electron chi connectivity index (χ2n) is 6.86. The molecule has 0 aliphatic carbocycles. The summed E-state index contributed by atoms with van der Waals surface area (Å²) in [5, 5.41) is 0. The van der Waals surface area contributed by atoms with E-state index in [0.29, 0.717) is 0 Å². The van der Waals surface area contributed by atoms with E-state index in [1.165, 1.54) is 27.1 Å². The van der Waals surface area contributed by atoms with E-state index in [1.807, 2.05) is 0 Å². The fraction of sp³-hybridized carbons (Fsp3) is 0. The first-order chi connectivity index (χ1) is 13.2. The molecule has 0 radical (unpaired) electrons. The Bertz CT molecular complexity index is 1040. The summed E-state index contributed by atoms with van der Waals surface area (Å²) >= 11 is 1.90. The summed E-state index contributed by atoms with van der Waals surface area (Å²) in [7, 11) is 0. The van der Waals surface area contributed by atoms with Crippen LogP contribution in [0.5, 0.6) is 0 Å². The van der Waals surface area contributed by atoms with Crippen LogP contribution in [0.15, 0.2) is 97.1 Å². The van der Waals surface area contributed by atoms with Gasteiger partial charge in [0.1, 0.15) is 0 Å². The quantitative estimate of drug-likeness (QED) is 0.202. The average molecular weight is 631 g/mol. The van der Waals surface area contributed by atoms with E-state index in [0.717, 1.165) is 0 Å². The molecule has 0 unspecified atom stereocenters. The molecule has 0 atom stereocenters. The standard InChI is InChI=1S/C24H16GeI2/c26-19-11-13-23-21(15-19)22-16-20(27)12-14-24(22)25(23,17-7-3-1-4-8-17)18-9-5-2-6-10-18/h1-16H. The van der Waals surface area contributed by atoms with Crippen molar-refractivity contribution < 1.29 is 0 Å². The number of hydrogen-bond donors (Lipinski definition) is 0.